The van der Waals surface area contributed by atoms with Crippen LogP contribution in [0.5, 0.6) is 11.5 Å². The van der Waals surface area contributed by atoms with Crippen LogP contribution in [-0.2, 0) is 6.42 Å². The van der Waals surface area contributed by atoms with Gasteiger partial charge in [-0.1, -0.05) is 17.7 Å². The topological polar surface area (TPSA) is 66.8 Å². The van der Waals surface area contributed by atoms with E-state index in [0.717, 1.165) is 10.5 Å². The van der Waals surface area contributed by atoms with Crippen molar-refractivity contribution in [1.82, 2.24) is 0 Å². The summed E-state index contributed by atoms with van der Waals surface area (Å²) in [6.45, 7) is 5.73. The average Bonchev–Trinajstić information content (AvgIpc) is 3.03. The molecule has 0 radical (unpaired) electrons. The molecule has 24 heavy (non-hydrogen) atoms. The number of thiophene rings is 1. The van der Waals surface area contributed by atoms with Gasteiger partial charge in [-0.2, -0.15) is 0 Å². The zero-order chi connectivity index (χ0) is 17.7. The van der Waals surface area contributed by atoms with Crippen LogP contribution in [0, 0.1) is 0 Å². The lowest BCUT2D eigenvalue weighted by atomic mass is 9.96. The molecule has 2 aromatic rings. The Labute approximate surface area is 145 Å². The van der Waals surface area contributed by atoms with Crippen molar-refractivity contribution in [2.45, 2.75) is 19.8 Å². The zero-order valence-corrected chi connectivity index (χ0v) is 14.5. The number of ether oxygens (including phenoxy) is 1. The molecular formula is C19H20O4S. The highest BCUT2D eigenvalue weighted by atomic mass is 32.1. The Morgan fingerprint density at radius 1 is 1.42 bits per heavy atom. The first-order valence-corrected chi connectivity index (χ1v) is 8.34. The summed E-state index contributed by atoms with van der Waals surface area (Å²) in [4.78, 5) is 12.6. The predicted molar refractivity (Wildman–Crippen MR) is 98.0 cm³/mol. The predicted octanol–water partition coefficient (Wildman–Crippen LogP) is 4.84. The zero-order valence-electron chi connectivity index (χ0n) is 13.7. The number of hydrogen-bond acceptors (Lipinski definition) is 4. The van der Waals surface area contributed by atoms with Crippen LogP contribution < -0.4 is 4.74 Å². The van der Waals surface area contributed by atoms with Crippen molar-refractivity contribution >= 4 is 29.5 Å². The molecule has 5 heteroatoms. The highest BCUT2D eigenvalue weighted by Gasteiger charge is 2.21. The van der Waals surface area contributed by atoms with E-state index in [9.17, 15) is 15.0 Å². The molecule has 0 spiro atoms. The highest BCUT2D eigenvalue weighted by Crippen LogP contribution is 2.36. The molecule has 0 atom stereocenters. The van der Waals surface area contributed by atoms with E-state index in [4.69, 9.17) is 4.74 Å². The molecule has 4 nitrogen and oxygen atoms in total. The second kappa shape index (κ2) is 7.84. The van der Waals surface area contributed by atoms with Crippen LogP contribution in [0.25, 0.3) is 12.2 Å². The number of carbonyl (C=O) groups is 1. The van der Waals surface area contributed by atoms with Crippen molar-refractivity contribution in [3.8, 4) is 11.5 Å². The monoisotopic (exact) mass is 344 g/mol. The molecule has 1 aromatic carbocycles. The van der Waals surface area contributed by atoms with E-state index in [1.165, 1.54) is 7.11 Å². The molecule has 2 rings (SSSR count). The first-order valence-electron chi connectivity index (χ1n) is 7.46. The summed E-state index contributed by atoms with van der Waals surface area (Å²) in [7, 11) is 1.51. The third-order valence-electron chi connectivity index (χ3n) is 3.60. The molecule has 0 saturated heterocycles. The molecular weight excluding hydrogens is 324 g/mol. The van der Waals surface area contributed by atoms with Gasteiger partial charge < -0.3 is 14.9 Å². The third kappa shape index (κ3) is 4.06. The van der Waals surface area contributed by atoms with Crippen molar-refractivity contribution in [1.29, 1.82) is 0 Å². The summed E-state index contributed by atoms with van der Waals surface area (Å²) in [5, 5.41) is 22.0. The van der Waals surface area contributed by atoms with Gasteiger partial charge in [0.1, 0.15) is 17.1 Å². The minimum Gasteiger partial charge on any atom is -0.507 e. The molecule has 0 amide bonds. The molecule has 0 aliphatic heterocycles. The number of aromatic carboxylic acids is 1. The van der Waals surface area contributed by atoms with E-state index in [-0.39, 0.29) is 11.3 Å². The number of carboxylic acid groups (broad SMARTS) is 1. The van der Waals surface area contributed by atoms with E-state index in [1.807, 2.05) is 30.5 Å². The summed E-state index contributed by atoms with van der Waals surface area (Å²) in [6, 6.07) is 5.50. The van der Waals surface area contributed by atoms with Crippen LogP contribution in [0.2, 0.25) is 0 Å². The van der Waals surface area contributed by atoms with Gasteiger partial charge in [-0.05, 0) is 48.9 Å². The number of hydrogen-bond donors (Lipinski definition) is 2. The van der Waals surface area contributed by atoms with Crippen molar-refractivity contribution in [2.24, 2.45) is 0 Å². The van der Waals surface area contributed by atoms with Crippen molar-refractivity contribution in [2.75, 3.05) is 7.11 Å². The summed E-state index contributed by atoms with van der Waals surface area (Å²) in [6.07, 6.45) is 4.62. The lowest BCUT2D eigenvalue weighted by Gasteiger charge is -2.15. The lowest BCUT2D eigenvalue weighted by molar-refractivity contribution is 0.0693. The van der Waals surface area contributed by atoms with Crippen LogP contribution in [0.15, 0.2) is 35.7 Å². The Morgan fingerprint density at radius 2 is 2.17 bits per heavy atom. The van der Waals surface area contributed by atoms with Crippen LogP contribution in [0.1, 0.15) is 39.7 Å². The Hall–Kier alpha value is -2.53. The maximum atomic E-state index is 11.6. The minimum absolute atomic E-state index is 0.111. The van der Waals surface area contributed by atoms with E-state index >= 15 is 0 Å². The van der Waals surface area contributed by atoms with Gasteiger partial charge in [-0.3, -0.25) is 0 Å². The SMILES string of the molecule is C=C(C)CCc1c(OC)cc(C=Cc2cccs2)c(C(=O)O)c1O. The molecule has 0 aliphatic carbocycles. The second-order valence-electron chi connectivity index (χ2n) is 5.48. The van der Waals surface area contributed by atoms with Gasteiger partial charge in [0.25, 0.3) is 0 Å². The highest BCUT2D eigenvalue weighted by molar-refractivity contribution is 7.10. The fourth-order valence-electron chi connectivity index (χ4n) is 2.38. The quantitative estimate of drug-likeness (QED) is 0.705. The number of carboxylic acids is 1. The maximum Gasteiger partial charge on any atom is 0.340 e. The van der Waals surface area contributed by atoms with E-state index < -0.39 is 5.97 Å². The summed E-state index contributed by atoms with van der Waals surface area (Å²) in [5.74, 6) is -0.934. The van der Waals surface area contributed by atoms with Gasteiger partial charge >= 0.3 is 5.97 Å². The largest absolute Gasteiger partial charge is 0.507 e. The number of benzene rings is 1. The van der Waals surface area contributed by atoms with Gasteiger partial charge in [0.15, 0.2) is 0 Å². The number of phenols is 1. The number of aromatic hydroxyl groups is 1. The van der Waals surface area contributed by atoms with Gasteiger partial charge in [0.05, 0.1) is 7.11 Å². The second-order valence-corrected chi connectivity index (χ2v) is 6.46. The van der Waals surface area contributed by atoms with Gasteiger partial charge in [-0.15, -0.1) is 17.9 Å². The first kappa shape index (κ1) is 17.8. The lowest BCUT2D eigenvalue weighted by Crippen LogP contribution is -2.05. The Bertz CT molecular complexity index is 773. The molecule has 2 N–H and O–H groups in total. The fraction of sp³-hybridized carbons (Fsp3) is 0.211. The Morgan fingerprint density at radius 3 is 2.71 bits per heavy atom. The molecule has 0 fully saturated rings. The molecule has 0 unspecified atom stereocenters. The average molecular weight is 344 g/mol. The standard InChI is InChI=1S/C19H20O4S/c1-12(2)6-9-15-16(23-3)11-13(17(18(15)20)19(21)22)7-8-14-5-4-10-24-14/h4-5,7-8,10-11,20H,1,6,9H2,2-3H3,(H,21,22). The van der Waals surface area contributed by atoms with Gasteiger partial charge in [0, 0.05) is 10.4 Å². The molecule has 0 saturated carbocycles. The fourth-order valence-corrected chi connectivity index (χ4v) is 3.00. The first-order chi connectivity index (χ1) is 11.4. The van der Waals surface area contributed by atoms with E-state index in [0.29, 0.717) is 29.7 Å². The molecule has 1 aromatic heterocycles. The maximum absolute atomic E-state index is 11.6. The Kier molecular flexibility index (Phi) is 5.82. The van der Waals surface area contributed by atoms with Crippen LogP contribution in [0.3, 0.4) is 0 Å². The van der Waals surface area contributed by atoms with E-state index in [1.54, 1.807) is 23.5 Å². The van der Waals surface area contributed by atoms with Gasteiger partial charge in [-0.25, -0.2) is 4.79 Å². The summed E-state index contributed by atoms with van der Waals surface area (Å²) in [5.41, 5.74) is 1.74. The van der Waals surface area contributed by atoms with Gasteiger partial charge in [0.2, 0.25) is 0 Å². The number of allylic oxidation sites excluding steroid dienone is 1. The third-order valence-corrected chi connectivity index (χ3v) is 4.44. The summed E-state index contributed by atoms with van der Waals surface area (Å²) >= 11 is 1.55. The van der Waals surface area contributed by atoms with Crippen molar-refractivity contribution in [3.05, 3.63) is 57.3 Å². The number of rotatable bonds is 7. The van der Waals surface area contributed by atoms with Crippen molar-refractivity contribution < 1.29 is 19.7 Å². The van der Waals surface area contributed by atoms with Crippen molar-refractivity contribution in [3.63, 3.8) is 0 Å². The van der Waals surface area contributed by atoms with Crippen LogP contribution >= 0.6 is 11.3 Å². The van der Waals surface area contributed by atoms with E-state index in [2.05, 4.69) is 6.58 Å². The minimum atomic E-state index is -1.17. The smallest absolute Gasteiger partial charge is 0.340 e. The Balaban J connectivity index is 2.52. The van der Waals surface area contributed by atoms with Crippen LogP contribution in [-0.4, -0.2) is 23.3 Å². The summed E-state index contributed by atoms with van der Waals surface area (Å²) < 4.78 is 5.36. The molecule has 126 valence electrons. The number of methoxy groups -OCH3 is 1. The van der Waals surface area contributed by atoms with Crippen LogP contribution in [0.4, 0.5) is 0 Å². The molecule has 0 bridgehead atoms. The normalized spacial score (nSPS) is 10.9. The molecule has 1 heterocycles. The molecule has 0 aliphatic rings.